The lowest BCUT2D eigenvalue weighted by atomic mass is 9.85. The van der Waals surface area contributed by atoms with E-state index in [4.69, 9.17) is 5.73 Å². The van der Waals surface area contributed by atoms with Gasteiger partial charge in [0.25, 0.3) is 0 Å². The van der Waals surface area contributed by atoms with Crippen molar-refractivity contribution >= 4 is 6.29 Å². The van der Waals surface area contributed by atoms with Crippen LogP contribution in [-0.2, 0) is 4.79 Å². The van der Waals surface area contributed by atoms with Crippen LogP contribution >= 0.6 is 0 Å². The summed E-state index contributed by atoms with van der Waals surface area (Å²) in [6, 6.07) is -0.194. The van der Waals surface area contributed by atoms with Crippen molar-refractivity contribution in [1.82, 2.24) is 0 Å². The van der Waals surface area contributed by atoms with E-state index in [9.17, 15) is 4.79 Å². The van der Waals surface area contributed by atoms with Crippen molar-refractivity contribution in [3.63, 3.8) is 0 Å². The fraction of sp³-hybridized carbons (Fsp3) is 0.944. The van der Waals surface area contributed by atoms with E-state index < -0.39 is 0 Å². The van der Waals surface area contributed by atoms with Gasteiger partial charge in [-0.05, 0) is 18.8 Å². The molecular weight excluding hydrogens is 246 g/mol. The lowest BCUT2D eigenvalue weighted by Gasteiger charge is -2.23. The SMILES string of the molecule is CC.CC.CCC.CCC.NC(C=O)C1CCCCC1. The molecular formula is C18H43NO. The molecule has 0 bridgehead atoms. The number of aldehydes is 1. The van der Waals surface area contributed by atoms with Gasteiger partial charge in [0.15, 0.2) is 0 Å². The Kier molecular flexibility index (Phi) is 43.5. The number of rotatable bonds is 2. The van der Waals surface area contributed by atoms with E-state index >= 15 is 0 Å². The van der Waals surface area contributed by atoms with Crippen molar-refractivity contribution in [2.75, 3.05) is 0 Å². The van der Waals surface area contributed by atoms with Gasteiger partial charge in [0.1, 0.15) is 6.29 Å². The Balaban J connectivity index is -0.000000108. The average molecular weight is 290 g/mol. The lowest BCUT2D eigenvalue weighted by molar-refractivity contribution is -0.110. The molecule has 0 aromatic carbocycles. The first kappa shape index (κ1) is 27.9. The van der Waals surface area contributed by atoms with Gasteiger partial charge in [0.2, 0.25) is 0 Å². The minimum Gasteiger partial charge on any atom is -0.322 e. The third-order valence-electron chi connectivity index (χ3n) is 2.35. The third-order valence-corrected chi connectivity index (χ3v) is 2.35. The molecule has 0 aromatic heterocycles. The molecule has 126 valence electrons. The van der Waals surface area contributed by atoms with E-state index in [2.05, 4.69) is 27.7 Å². The first-order chi connectivity index (χ1) is 9.67. The molecule has 1 rings (SSSR count). The van der Waals surface area contributed by atoms with Gasteiger partial charge in [-0.25, -0.2) is 0 Å². The highest BCUT2D eigenvalue weighted by Gasteiger charge is 2.19. The number of hydrogen-bond donors (Lipinski definition) is 1. The molecule has 2 nitrogen and oxygen atoms in total. The largest absolute Gasteiger partial charge is 0.322 e. The molecule has 0 amide bonds. The van der Waals surface area contributed by atoms with Crippen LogP contribution in [-0.4, -0.2) is 12.3 Å². The highest BCUT2D eigenvalue weighted by atomic mass is 16.1. The Morgan fingerprint density at radius 2 is 1.20 bits per heavy atom. The van der Waals surface area contributed by atoms with E-state index in [1.54, 1.807) is 0 Å². The Bertz CT molecular complexity index is 129. The van der Waals surface area contributed by atoms with Crippen LogP contribution in [0, 0.1) is 5.92 Å². The fourth-order valence-corrected chi connectivity index (χ4v) is 1.63. The molecule has 0 radical (unpaired) electrons. The van der Waals surface area contributed by atoms with Crippen LogP contribution in [0.5, 0.6) is 0 Å². The van der Waals surface area contributed by atoms with Crippen LogP contribution in [0.25, 0.3) is 0 Å². The summed E-state index contributed by atoms with van der Waals surface area (Å²) in [5, 5.41) is 0. The molecule has 0 aliphatic heterocycles. The maximum atomic E-state index is 10.3. The summed E-state index contributed by atoms with van der Waals surface area (Å²) in [7, 11) is 0. The van der Waals surface area contributed by atoms with Gasteiger partial charge in [-0.1, -0.05) is 87.5 Å². The van der Waals surface area contributed by atoms with Gasteiger partial charge in [-0.3, -0.25) is 0 Å². The molecule has 1 unspecified atom stereocenters. The second kappa shape index (κ2) is 31.2. The first-order valence-electron chi connectivity index (χ1n) is 8.88. The standard InChI is InChI=1S/C8H15NO.2C3H8.2C2H6/c9-8(6-10)7-4-2-1-3-5-7;2*1-3-2;2*1-2/h6-8H,1-5,9H2;2*3H2,1-2H3;2*1-2H3. The van der Waals surface area contributed by atoms with Crippen molar-refractivity contribution in [2.45, 2.75) is 106 Å². The van der Waals surface area contributed by atoms with Gasteiger partial charge in [-0.15, -0.1) is 0 Å². The van der Waals surface area contributed by atoms with Crippen LogP contribution in [0.3, 0.4) is 0 Å². The first-order valence-corrected chi connectivity index (χ1v) is 8.88. The van der Waals surface area contributed by atoms with Crippen molar-refractivity contribution in [2.24, 2.45) is 11.7 Å². The summed E-state index contributed by atoms with van der Waals surface area (Å²) in [5.41, 5.74) is 5.58. The smallest absolute Gasteiger partial charge is 0.136 e. The van der Waals surface area contributed by atoms with Gasteiger partial charge in [0.05, 0.1) is 6.04 Å². The third kappa shape index (κ3) is 26.2. The van der Waals surface area contributed by atoms with Crippen LogP contribution in [0.1, 0.15) is 100 Å². The summed E-state index contributed by atoms with van der Waals surface area (Å²) in [6.07, 6.45) is 9.52. The Hall–Kier alpha value is -0.370. The topological polar surface area (TPSA) is 43.1 Å². The van der Waals surface area contributed by atoms with Crippen molar-refractivity contribution in [3.8, 4) is 0 Å². The molecule has 1 atom stereocenters. The zero-order valence-electron chi connectivity index (χ0n) is 15.7. The molecule has 1 fully saturated rings. The quantitative estimate of drug-likeness (QED) is 0.636. The average Bonchev–Trinajstić information content (AvgIpc) is 2.53. The highest BCUT2D eigenvalue weighted by Crippen LogP contribution is 2.24. The van der Waals surface area contributed by atoms with E-state index in [0.717, 1.165) is 19.1 Å². The molecule has 0 saturated heterocycles. The molecule has 1 aliphatic carbocycles. The maximum Gasteiger partial charge on any atom is 0.136 e. The monoisotopic (exact) mass is 289 g/mol. The van der Waals surface area contributed by atoms with Gasteiger partial charge in [0, 0.05) is 0 Å². The number of carbonyl (C=O) groups is 1. The van der Waals surface area contributed by atoms with Crippen LogP contribution < -0.4 is 5.73 Å². The van der Waals surface area contributed by atoms with Crippen molar-refractivity contribution in [1.29, 1.82) is 0 Å². The molecule has 0 heterocycles. The molecule has 0 aromatic rings. The zero-order chi connectivity index (χ0) is 16.8. The molecule has 2 N–H and O–H groups in total. The second-order valence-electron chi connectivity index (χ2n) is 4.53. The predicted octanol–water partition coefficient (Wildman–Crippen LogP) is 5.98. The predicted molar refractivity (Wildman–Crippen MR) is 95.2 cm³/mol. The molecule has 1 aliphatic rings. The lowest BCUT2D eigenvalue weighted by Crippen LogP contribution is -2.32. The fourth-order valence-electron chi connectivity index (χ4n) is 1.63. The summed E-state index contributed by atoms with van der Waals surface area (Å²) in [6.45, 7) is 16.5. The zero-order valence-corrected chi connectivity index (χ0v) is 15.7. The van der Waals surface area contributed by atoms with E-state index in [1.807, 2.05) is 27.7 Å². The molecule has 0 spiro atoms. The van der Waals surface area contributed by atoms with Gasteiger partial charge < -0.3 is 10.5 Å². The summed E-state index contributed by atoms with van der Waals surface area (Å²) >= 11 is 0. The highest BCUT2D eigenvalue weighted by molar-refractivity contribution is 5.57. The number of carbonyl (C=O) groups excluding carboxylic acids is 1. The van der Waals surface area contributed by atoms with Gasteiger partial charge >= 0.3 is 0 Å². The second-order valence-corrected chi connectivity index (χ2v) is 4.53. The minimum absolute atomic E-state index is 0.194. The Labute approximate surface area is 129 Å². The van der Waals surface area contributed by atoms with Gasteiger partial charge in [-0.2, -0.15) is 0 Å². The van der Waals surface area contributed by atoms with Crippen LogP contribution in [0.2, 0.25) is 0 Å². The van der Waals surface area contributed by atoms with Crippen molar-refractivity contribution < 1.29 is 4.79 Å². The van der Waals surface area contributed by atoms with E-state index in [-0.39, 0.29) is 6.04 Å². The van der Waals surface area contributed by atoms with Crippen LogP contribution in [0.15, 0.2) is 0 Å². The molecule has 1 saturated carbocycles. The Morgan fingerprint density at radius 1 is 0.900 bits per heavy atom. The molecule has 2 heteroatoms. The summed E-state index contributed by atoms with van der Waals surface area (Å²) in [5.74, 6) is 0.478. The summed E-state index contributed by atoms with van der Waals surface area (Å²) < 4.78 is 0. The van der Waals surface area contributed by atoms with Crippen molar-refractivity contribution in [3.05, 3.63) is 0 Å². The normalized spacial score (nSPS) is 14.4. The van der Waals surface area contributed by atoms with E-state index in [1.165, 1.54) is 32.1 Å². The number of hydrogen-bond acceptors (Lipinski definition) is 2. The Morgan fingerprint density at radius 3 is 1.45 bits per heavy atom. The maximum absolute atomic E-state index is 10.3. The van der Waals surface area contributed by atoms with E-state index in [0.29, 0.717) is 5.92 Å². The minimum atomic E-state index is -0.194. The van der Waals surface area contributed by atoms with Crippen LogP contribution in [0.4, 0.5) is 0 Å². The summed E-state index contributed by atoms with van der Waals surface area (Å²) in [4.78, 5) is 10.3. The molecule has 20 heavy (non-hydrogen) atoms. The number of nitrogens with two attached hydrogens (primary N) is 1.